The van der Waals surface area contributed by atoms with Gasteiger partial charge in [-0.2, -0.15) is 0 Å². The second-order valence-electron chi connectivity index (χ2n) is 2.15. The summed E-state index contributed by atoms with van der Waals surface area (Å²) in [4.78, 5) is 17.5. The molecule has 0 bridgehead atoms. The van der Waals surface area contributed by atoms with Crippen molar-refractivity contribution in [2.75, 3.05) is 0 Å². The molecule has 13 heavy (non-hydrogen) atoms. The van der Waals surface area contributed by atoms with Crippen LogP contribution in [0.3, 0.4) is 0 Å². The van der Waals surface area contributed by atoms with Gasteiger partial charge in [-0.15, -0.1) is 0 Å². The third-order valence-corrected chi connectivity index (χ3v) is 1.81. The predicted molar refractivity (Wildman–Crippen MR) is 41.6 cm³/mol. The molecular formula is C6H5N2O4S-. The first-order valence-corrected chi connectivity index (χ1v) is 4.43. The van der Waals surface area contributed by atoms with Crippen LogP contribution in [0, 0.1) is 0 Å². The number of carboxylic acid groups (broad SMARTS) is 1. The molecule has 6 nitrogen and oxygen atoms in total. The Morgan fingerprint density at radius 3 is 2.92 bits per heavy atom. The highest BCUT2D eigenvalue weighted by molar-refractivity contribution is 7.78. The van der Waals surface area contributed by atoms with E-state index in [1.165, 1.54) is 6.20 Å². The molecule has 1 N–H and O–H groups in total. The SMILES string of the molecule is O=C(O)c1ncncc1CS(=O)[O-]. The molecular weight excluding hydrogens is 196 g/mol. The van der Waals surface area contributed by atoms with Crippen LogP contribution in [0.15, 0.2) is 12.5 Å². The highest BCUT2D eigenvalue weighted by atomic mass is 32.2. The van der Waals surface area contributed by atoms with Crippen molar-refractivity contribution in [1.29, 1.82) is 0 Å². The Labute approximate surface area is 75.9 Å². The lowest BCUT2D eigenvalue weighted by atomic mass is 10.2. The molecule has 0 amide bonds. The normalized spacial score (nSPS) is 12.4. The Morgan fingerprint density at radius 1 is 1.69 bits per heavy atom. The molecule has 0 aliphatic carbocycles. The topological polar surface area (TPSA) is 103 Å². The second-order valence-corrected chi connectivity index (χ2v) is 3.05. The van der Waals surface area contributed by atoms with Gasteiger partial charge in [-0.1, -0.05) is 11.1 Å². The largest absolute Gasteiger partial charge is 0.772 e. The second kappa shape index (κ2) is 4.06. The number of rotatable bonds is 3. The Bertz CT molecular complexity index is 354. The Hall–Kier alpha value is -1.34. The first-order chi connectivity index (χ1) is 6.11. The average molecular weight is 201 g/mol. The van der Waals surface area contributed by atoms with Crippen molar-refractivity contribution < 1.29 is 18.7 Å². The minimum Gasteiger partial charge on any atom is -0.772 e. The summed E-state index contributed by atoms with van der Waals surface area (Å²) in [7, 11) is 0. The number of carboxylic acids is 1. The van der Waals surface area contributed by atoms with Crippen molar-refractivity contribution in [2.45, 2.75) is 5.75 Å². The predicted octanol–water partition coefficient (Wildman–Crippen LogP) is -0.446. The molecule has 1 atom stereocenters. The van der Waals surface area contributed by atoms with E-state index in [-0.39, 0.29) is 17.0 Å². The van der Waals surface area contributed by atoms with Crippen LogP contribution in [0.4, 0.5) is 0 Å². The summed E-state index contributed by atoms with van der Waals surface area (Å²) in [6.45, 7) is 0. The van der Waals surface area contributed by atoms with Gasteiger partial charge in [0, 0.05) is 17.5 Å². The number of aromatic carboxylic acids is 1. The summed E-state index contributed by atoms with van der Waals surface area (Å²) >= 11 is -2.34. The van der Waals surface area contributed by atoms with Crippen LogP contribution in [0.25, 0.3) is 0 Å². The van der Waals surface area contributed by atoms with Crippen LogP contribution >= 0.6 is 0 Å². The quantitative estimate of drug-likeness (QED) is 0.664. The van der Waals surface area contributed by atoms with Crippen molar-refractivity contribution in [1.82, 2.24) is 9.97 Å². The Morgan fingerprint density at radius 2 is 2.38 bits per heavy atom. The highest BCUT2D eigenvalue weighted by Crippen LogP contribution is 2.05. The van der Waals surface area contributed by atoms with E-state index < -0.39 is 17.0 Å². The van der Waals surface area contributed by atoms with Crippen molar-refractivity contribution in [3.63, 3.8) is 0 Å². The molecule has 1 rings (SSSR count). The fourth-order valence-corrected chi connectivity index (χ4v) is 1.25. The van der Waals surface area contributed by atoms with Crippen LogP contribution in [0.2, 0.25) is 0 Å². The molecule has 0 saturated heterocycles. The summed E-state index contributed by atoms with van der Waals surface area (Å²) in [5, 5.41) is 8.59. The van der Waals surface area contributed by atoms with E-state index in [0.29, 0.717) is 0 Å². The van der Waals surface area contributed by atoms with Crippen molar-refractivity contribution in [3.8, 4) is 0 Å². The monoisotopic (exact) mass is 201 g/mol. The van der Waals surface area contributed by atoms with Crippen molar-refractivity contribution in [2.24, 2.45) is 0 Å². The van der Waals surface area contributed by atoms with Gasteiger partial charge in [-0.25, -0.2) is 14.8 Å². The molecule has 0 spiro atoms. The van der Waals surface area contributed by atoms with E-state index in [0.717, 1.165) is 6.33 Å². The van der Waals surface area contributed by atoms with Crippen molar-refractivity contribution >= 4 is 17.0 Å². The zero-order valence-corrected chi connectivity index (χ0v) is 7.15. The zero-order chi connectivity index (χ0) is 9.84. The number of carbonyl (C=O) groups is 1. The zero-order valence-electron chi connectivity index (χ0n) is 6.34. The molecule has 0 aromatic carbocycles. The molecule has 1 unspecified atom stereocenters. The highest BCUT2D eigenvalue weighted by Gasteiger charge is 2.10. The van der Waals surface area contributed by atoms with E-state index in [1.807, 2.05) is 0 Å². The Kier molecular flexibility index (Phi) is 3.04. The summed E-state index contributed by atoms with van der Waals surface area (Å²) in [6, 6.07) is 0. The molecule has 1 aromatic heterocycles. The van der Waals surface area contributed by atoms with Gasteiger partial charge in [0.1, 0.15) is 6.33 Å². The number of hydrogen-bond donors (Lipinski definition) is 1. The van der Waals surface area contributed by atoms with E-state index in [1.54, 1.807) is 0 Å². The fourth-order valence-electron chi connectivity index (χ4n) is 0.784. The molecule has 70 valence electrons. The number of nitrogens with zero attached hydrogens (tertiary/aromatic N) is 2. The van der Waals surface area contributed by atoms with E-state index in [2.05, 4.69) is 9.97 Å². The maximum absolute atomic E-state index is 10.5. The first kappa shape index (κ1) is 9.75. The first-order valence-electron chi connectivity index (χ1n) is 3.19. The molecule has 0 aliphatic rings. The van der Waals surface area contributed by atoms with Crippen LogP contribution < -0.4 is 0 Å². The Balaban J connectivity index is 3.04. The lowest BCUT2D eigenvalue weighted by molar-refractivity contribution is 0.0689. The average Bonchev–Trinajstić information content (AvgIpc) is 2.03. The van der Waals surface area contributed by atoms with Gasteiger partial charge in [-0.05, 0) is 0 Å². The van der Waals surface area contributed by atoms with E-state index in [9.17, 15) is 13.6 Å². The van der Waals surface area contributed by atoms with Gasteiger partial charge in [0.2, 0.25) is 0 Å². The van der Waals surface area contributed by atoms with Gasteiger partial charge in [0.15, 0.2) is 5.69 Å². The number of hydrogen-bond acceptors (Lipinski definition) is 5. The van der Waals surface area contributed by atoms with Crippen LogP contribution in [0.5, 0.6) is 0 Å². The minimum atomic E-state index is -2.34. The summed E-state index contributed by atoms with van der Waals surface area (Å²) in [6.07, 6.45) is 2.23. The van der Waals surface area contributed by atoms with Gasteiger partial charge in [0.05, 0.1) is 0 Å². The lowest BCUT2D eigenvalue weighted by Crippen LogP contribution is -2.08. The summed E-state index contributed by atoms with van der Waals surface area (Å²) in [5.74, 6) is -1.65. The van der Waals surface area contributed by atoms with E-state index in [4.69, 9.17) is 5.11 Å². The minimum absolute atomic E-state index is 0.0864. The molecule has 1 aromatic rings. The molecule has 7 heteroatoms. The summed E-state index contributed by atoms with van der Waals surface area (Å²) < 4.78 is 20.6. The van der Waals surface area contributed by atoms with Crippen molar-refractivity contribution in [3.05, 3.63) is 23.8 Å². The van der Waals surface area contributed by atoms with Gasteiger partial charge in [-0.3, -0.25) is 4.21 Å². The van der Waals surface area contributed by atoms with Crippen LogP contribution in [-0.2, 0) is 16.8 Å². The summed E-state index contributed by atoms with van der Waals surface area (Å²) in [5.41, 5.74) is -0.192. The molecule has 0 saturated carbocycles. The molecule has 1 heterocycles. The standard InChI is InChI=1S/C6H6N2O4S/c9-6(10)5-4(2-13(11)12)1-7-3-8-5/h1,3H,2H2,(H,9,10)(H,11,12)/p-1. The fraction of sp³-hybridized carbons (Fsp3) is 0.167. The van der Waals surface area contributed by atoms with Gasteiger partial charge < -0.3 is 9.66 Å². The third-order valence-electron chi connectivity index (χ3n) is 1.26. The van der Waals surface area contributed by atoms with Crippen LogP contribution in [0.1, 0.15) is 16.1 Å². The maximum atomic E-state index is 10.5. The van der Waals surface area contributed by atoms with Crippen LogP contribution in [-0.4, -0.2) is 29.8 Å². The molecule has 0 radical (unpaired) electrons. The smallest absolute Gasteiger partial charge is 0.354 e. The third kappa shape index (κ3) is 2.56. The van der Waals surface area contributed by atoms with E-state index >= 15 is 0 Å². The van der Waals surface area contributed by atoms with Gasteiger partial charge >= 0.3 is 5.97 Å². The molecule has 0 fully saturated rings. The maximum Gasteiger partial charge on any atom is 0.354 e. The number of aromatic nitrogens is 2. The molecule has 0 aliphatic heterocycles. The van der Waals surface area contributed by atoms with Gasteiger partial charge in [0.25, 0.3) is 0 Å². The lowest BCUT2D eigenvalue weighted by Gasteiger charge is -2.05.